The van der Waals surface area contributed by atoms with E-state index in [-0.39, 0.29) is 6.61 Å². The maximum atomic E-state index is 8.42. The first-order valence-corrected chi connectivity index (χ1v) is 3.44. The standard InChI is InChI=1S/C7H10N2O2/c10-5-2-6-11-7-8-3-1-4-9-7/h1,3-4,10H,2,5-6H2. The van der Waals surface area contributed by atoms with Crippen LogP contribution < -0.4 is 4.74 Å². The first-order valence-electron chi connectivity index (χ1n) is 3.44. The molecule has 11 heavy (non-hydrogen) atoms. The lowest BCUT2D eigenvalue weighted by Gasteiger charge is -2.00. The molecule has 0 aliphatic carbocycles. The second kappa shape index (κ2) is 4.62. The van der Waals surface area contributed by atoms with E-state index in [0.717, 1.165) is 0 Å². The third kappa shape index (κ3) is 2.95. The van der Waals surface area contributed by atoms with Crippen molar-refractivity contribution in [3.63, 3.8) is 0 Å². The third-order valence-electron chi connectivity index (χ3n) is 1.08. The van der Waals surface area contributed by atoms with Gasteiger partial charge in [-0.25, -0.2) is 9.97 Å². The van der Waals surface area contributed by atoms with Crippen molar-refractivity contribution in [2.75, 3.05) is 13.2 Å². The van der Waals surface area contributed by atoms with E-state index in [0.29, 0.717) is 19.0 Å². The maximum absolute atomic E-state index is 8.42. The molecule has 0 atom stereocenters. The molecule has 0 amide bonds. The number of aliphatic hydroxyl groups is 1. The molecule has 0 fully saturated rings. The SMILES string of the molecule is OCCCOc1ncccn1. The molecule has 0 spiro atoms. The lowest BCUT2D eigenvalue weighted by molar-refractivity contribution is 0.224. The molecule has 1 N–H and O–H groups in total. The summed E-state index contributed by atoms with van der Waals surface area (Å²) >= 11 is 0. The molecule has 4 nitrogen and oxygen atoms in total. The fraction of sp³-hybridized carbons (Fsp3) is 0.429. The van der Waals surface area contributed by atoms with Crippen LogP contribution in [-0.2, 0) is 0 Å². The summed E-state index contributed by atoms with van der Waals surface area (Å²) in [6.07, 6.45) is 3.83. The van der Waals surface area contributed by atoms with Gasteiger partial charge in [0.25, 0.3) is 0 Å². The Hall–Kier alpha value is -1.16. The summed E-state index contributed by atoms with van der Waals surface area (Å²) in [4.78, 5) is 7.67. The molecule has 0 unspecified atom stereocenters. The molecule has 0 aromatic carbocycles. The number of aromatic nitrogens is 2. The number of aliphatic hydroxyl groups excluding tert-OH is 1. The first-order chi connectivity index (χ1) is 5.43. The highest BCUT2D eigenvalue weighted by Crippen LogP contribution is 1.97. The lowest BCUT2D eigenvalue weighted by Crippen LogP contribution is -2.02. The van der Waals surface area contributed by atoms with Crippen LogP contribution in [0.1, 0.15) is 6.42 Å². The second-order valence-corrected chi connectivity index (χ2v) is 1.96. The second-order valence-electron chi connectivity index (χ2n) is 1.96. The Labute approximate surface area is 64.9 Å². The Balaban J connectivity index is 2.28. The normalized spacial score (nSPS) is 9.55. The van der Waals surface area contributed by atoms with Crippen molar-refractivity contribution in [2.45, 2.75) is 6.42 Å². The molecule has 1 rings (SSSR count). The minimum Gasteiger partial charge on any atom is -0.463 e. The molecule has 4 heteroatoms. The fourth-order valence-corrected chi connectivity index (χ4v) is 0.588. The van der Waals surface area contributed by atoms with Crippen molar-refractivity contribution in [3.8, 4) is 6.01 Å². The Bertz CT molecular complexity index is 191. The van der Waals surface area contributed by atoms with Gasteiger partial charge in [-0.15, -0.1) is 0 Å². The molecule has 1 aromatic heterocycles. The van der Waals surface area contributed by atoms with E-state index in [2.05, 4.69) is 9.97 Å². The molecule has 0 aliphatic rings. The molecule has 60 valence electrons. The van der Waals surface area contributed by atoms with Gasteiger partial charge in [-0.3, -0.25) is 0 Å². The van der Waals surface area contributed by atoms with Crippen LogP contribution in [0.4, 0.5) is 0 Å². The van der Waals surface area contributed by atoms with Crippen LogP contribution >= 0.6 is 0 Å². The van der Waals surface area contributed by atoms with Crippen molar-refractivity contribution in [1.82, 2.24) is 9.97 Å². The van der Waals surface area contributed by atoms with Gasteiger partial charge in [0.05, 0.1) is 6.61 Å². The van der Waals surface area contributed by atoms with Crippen LogP contribution in [0.2, 0.25) is 0 Å². The van der Waals surface area contributed by atoms with Crippen molar-refractivity contribution in [2.24, 2.45) is 0 Å². The van der Waals surface area contributed by atoms with E-state index >= 15 is 0 Å². The van der Waals surface area contributed by atoms with Crippen LogP contribution in [0.5, 0.6) is 6.01 Å². The van der Waals surface area contributed by atoms with Gasteiger partial charge >= 0.3 is 6.01 Å². The predicted octanol–water partition coefficient (Wildman–Crippen LogP) is 0.238. The molecule has 1 aromatic rings. The van der Waals surface area contributed by atoms with Gasteiger partial charge in [0.1, 0.15) is 0 Å². The summed E-state index contributed by atoms with van der Waals surface area (Å²) in [5.74, 6) is 0. The molecule has 1 heterocycles. The Morgan fingerprint density at radius 2 is 2.09 bits per heavy atom. The molecule has 0 saturated carbocycles. The molecule has 0 radical (unpaired) electrons. The largest absolute Gasteiger partial charge is 0.463 e. The average Bonchev–Trinajstić information content (AvgIpc) is 2.07. The van der Waals surface area contributed by atoms with Crippen molar-refractivity contribution in [3.05, 3.63) is 18.5 Å². The van der Waals surface area contributed by atoms with E-state index < -0.39 is 0 Å². The minimum absolute atomic E-state index is 0.132. The van der Waals surface area contributed by atoms with Crippen LogP contribution in [0.25, 0.3) is 0 Å². The summed E-state index contributed by atoms with van der Waals surface area (Å²) in [6, 6.07) is 2.08. The topological polar surface area (TPSA) is 55.2 Å². The van der Waals surface area contributed by atoms with Gasteiger partial charge in [-0.1, -0.05) is 0 Å². The quantitative estimate of drug-likeness (QED) is 0.631. The zero-order valence-corrected chi connectivity index (χ0v) is 6.10. The molecular formula is C7H10N2O2. The van der Waals surface area contributed by atoms with Gasteiger partial charge in [0, 0.05) is 25.4 Å². The predicted molar refractivity (Wildman–Crippen MR) is 39.2 cm³/mol. The molecular weight excluding hydrogens is 144 g/mol. The Morgan fingerprint density at radius 3 is 2.73 bits per heavy atom. The molecule has 0 bridgehead atoms. The minimum atomic E-state index is 0.132. The highest BCUT2D eigenvalue weighted by molar-refractivity contribution is 4.92. The van der Waals surface area contributed by atoms with Gasteiger partial charge in [-0.05, 0) is 6.07 Å². The number of rotatable bonds is 4. The Morgan fingerprint density at radius 1 is 1.36 bits per heavy atom. The van der Waals surface area contributed by atoms with E-state index in [1.165, 1.54) is 0 Å². The number of hydrogen-bond acceptors (Lipinski definition) is 4. The number of nitrogens with zero attached hydrogens (tertiary/aromatic N) is 2. The van der Waals surface area contributed by atoms with Crippen molar-refractivity contribution in [1.29, 1.82) is 0 Å². The molecule has 0 aliphatic heterocycles. The number of ether oxygens (including phenoxy) is 1. The smallest absolute Gasteiger partial charge is 0.316 e. The van der Waals surface area contributed by atoms with Crippen LogP contribution in [0.15, 0.2) is 18.5 Å². The highest BCUT2D eigenvalue weighted by Gasteiger charge is 1.92. The zero-order chi connectivity index (χ0) is 7.94. The third-order valence-corrected chi connectivity index (χ3v) is 1.08. The zero-order valence-electron chi connectivity index (χ0n) is 6.10. The van der Waals surface area contributed by atoms with Gasteiger partial charge in [0.2, 0.25) is 0 Å². The van der Waals surface area contributed by atoms with E-state index in [1.54, 1.807) is 18.5 Å². The molecule has 0 saturated heterocycles. The van der Waals surface area contributed by atoms with Gasteiger partial charge in [0.15, 0.2) is 0 Å². The van der Waals surface area contributed by atoms with Crippen LogP contribution in [0.3, 0.4) is 0 Å². The number of hydrogen-bond donors (Lipinski definition) is 1. The van der Waals surface area contributed by atoms with E-state index in [9.17, 15) is 0 Å². The Kier molecular flexibility index (Phi) is 3.34. The monoisotopic (exact) mass is 154 g/mol. The van der Waals surface area contributed by atoms with Crippen molar-refractivity contribution < 1.29 is 9.84 Å². The van der Waals surface area contributed by atoms with E-state index in [1.807, 2.05) is 0 Å². The summed E-state index contributed by atoms with van der Waals surface area (Å²) in [5, 5.41) is 8.42. The van der Waals surface area contributed by atoms with Crippen molar-refractivity contribution >= 4 is 0 Å². The average molecular weight is 154 g/mol. The highest BCUT2D eigenvalue weighted by atomic mass is 16.5. The first kappa shape index (κ1) is 7.94. The summed E-state index contributed by atoms with van der Waals surface area (Å²) in [7, 11) is 0. The summed E-state index contributed by atoms with van der Waals surface area (Å²) in [6.45, 7) is 0.591. The van der Waals surface area contributed by atoms with Crippen LogP contribution in [-0.4, -0.2) is 28.3 Å². The fourth-order valence-electron chi connectivity index (χ4n) is 0.588. The van der Waals surface area contributed by atoms with Crippen LogP contribution in [0, 0.1) is 0 Å². The summed E-state index contributed by atoms with van der Waals surface area (Å²) < 4.78 is 5.06. The lowest BCUT2D eigenvalue weighted by atomic mass is 10.5. The van der Waals surface area contributed by atoms with E-state index in [4.69, 9.17) is 9.84 Å². The van der Waals surface area contributed by atoms with Gasteiger partial charge in [-0.2, -0.15) is 0 Å². The van der Waals surface area contributed by atoms with Gasteiger partial charge < -0.3 is 9.84 Å². The summed E-state index contributed by atoms with van der Waals surface area (Å²) in [5.41, 5.74) is 0. The maximum Gasteiger partial charge on any atom is 0.316 e.